The summed E-state index contributed by atoms with van der Waals surface area (Å²) >= 11 is 0.486. The summed E-state index contributed by atoms with van der Waals surface area (Å²) in [4.78, 5) is 11.3. The van der Waals surface area contributed by atoms with Gasteiger partial charge in [-0.3, -0.25) is 15.7 Å². The Balaban J connectivity index is 0. The largest absolute Gasteiger partial charge is 2.00 e. The van der Waals surface area contributed by atoms with Crippen molar-refractivity contribution in [3.63, 3.8) is 0 Å². The van der Waals surface area contributed by atoms with Gasteiger partial charge < -0.3 is 9.84 Å². The summed E-state index contributed by atoms with van der Waals surface area (Å²) in [5.74, 6) is -1.35. The quantitative estimate of drug-likeness (QED) is 0.0896. The molecule has 0 aromatic heterocycles. The molecule has 0 aliphatic heterocycles. The van der Waals surface area contributed by atoms with Gasteiger partial charge in [0.2, 0.25) is 0 Å². The molecule has 0 amide bonds. The number of carbonyl (C=O) groups excluding carboxylic acids is 1. The fourth-order valence-electron chi connectivity index (χ4n) is 1.10. The van der Waals surface area contributed by atoms with Gasteiger partial charge in [-0.05, 0) is 13.0 Å². The molecule has 0 rings (SSSR count). The smallest absolute Gasteiger partial charge is 0.550 e. The Morgan fingerprint density at radius 1 is 1.41 bits per heavy atom. The summed E-state index contributed by atoms with van der Waals surface area (Å²) in [5.41, 5.74) is -3.43. The van der Waals surface area contributed by atoms with Crippen LogP contribution in [-0.2, 0) is 9.53 Å². The maximum absolute atomic E-state index is 14.3. The van der Waals surface area contributed by atoms with E-state index in [1.807, 2.05) is 0 Å². The number of aliphatic hydroxyl groups excluding tert-OH is 1. The van der Waals surface area contributed by atoms with Crippen LogP contribution in [0.1, 0.15) is 6.92 Å². The summed E-state index contributed by atoms with van der Waals surface area (Å²) in [6.07, 6.45) is -10.5. The number of hydrogen-bond acceptors (Lipinski definition) is 3. The van der Waals surface area contributed by atoms with Crippen LogP contribution in [-0.4, -0.2) is 32.7 Å². The van der Waals surface area contributed by atoms with Crippen LogP contribution in [0.25, 0.3) is 0 Å². The van der Waals surface area contributed by atoms with Crippen molar-refractivity contribution in [3.05, 3.63) is 37.8 Å². The second-order valence-corrected chi connectivity index (χ2v) is 5.74. The van der Waals surface area contributed by atoms with Crippen LogP contribution >= 0.6 is 22.6 Å². The van der Waals surface area contributed by atoms with E-state index in [1.165, 1.54) is 0 Å². The van der Waals surface area contributed by atoms with Crippen LogP contribution in [0.3, 0.4) is 0 Å². The minimum atomic E-state index is -5.49. The molecule has 0 saturated carbocycles. The molecule has 0 spiro atoms. The fraction of sp³-hybridized carbons (Fsp3) is 0.417. The number of hydrogen-bond donors (Lipinski definition) is 1. The Hall–Kier alpha value is 0.342. The first-order valence-electron chi connectivity index (χ1n) is 5.23. The summed E-state index contributed by atoms with van der Waals surface area (Å²) in [5, 5.41) is 8.96. The molecule has 0 fully saturated rings. The Kier molecular flexibility index (Phi) is 9.44. The van der Waals surface area contributed by atoms with Gasteiger partial charge in [0, 0.05) is 11.2 Å². The molecule has 0 aromatic carbocycles. The number of carbonyl (C=O) groups is 1. The van der Waals surface area contributed by atoms with Crippen LogP contribution in [0, 0.1) is 44.1 Å². The molecule has 0 aromatic rings. The molecule has 3 unspecified atom stereocenters. The molecular weight excluding hydrogens is 652 g/mol. The first-order valence-corrected chi connectivity index (χ1v) is 6.31. The predicted molar refractivity (Wildman–Crippen MR) is 73.2 cm³/mol. The van der Waals surface area contributed by atoms with Gasteiger partial charge in [-0.25, -0.2) is 18.0 Å². The number of rotatable bonds is 6. The molecule has 124 valence electrons. The third-order valence-electron chi connectivity index (χ3n) is 2.26. The summed E-state index contributed by atoms with van der Waals surface area (Å²) in [7, 11) is 0. The standard InChI is InChI=1S/C12H12F5IO3.U/c1-5-10(4,13)9(21-7(19)6(2)3)11(14,18)8(20)12(15,16)17;/h5,9,20H,1-2,4H2,3H3;/q-2;+2. The van der Waals surface area contributed by atoms with Crippen LogP contribution < -0.4 is 0 Å². The number of esters is 1. The van der Waals surface area contributed by atoms with E-state index in [9.17, 15) is 26.7 Å². The molecule has 0 aliphatic rings. The summed E-state index contributed by atoms with van der Waals surface area (Å²) in [6, 6.07) is 0. The zero-order valence-corrected chi connectivity index (χ0v) is 17.6. The molecule has 0 aliphatic carbocycles. The zero-order valence-electron chi connectivity index (χ0n) is 11.3. The summed E-state index contributed by atoms with van der Waals surface area (Å²) < 4.78 is 66.2. The second-order valence-electron chi connectivity index (χ2n) is 4.17. The van der Waals surface area contributed by atoms with Crippen LogP contribution in [0.4, 0.5) is 22.0 Å². The van der Waals surface area contributed by atoms with Crippen molar-refractivity contribution >= 4 is 28.6 Å². The van der Waals surface area contributed by atoms with Crippen molar-refractivity contribution in [2.45, 2.75) is 28.5 Å². The van der Waals surface area contributed by atoms with E-state index >= 15 is 0 Å². The van der Waals surface area contributed by atoms with Crippen LogP contribution in [0.2, 0.25) is 0 Å². The molecule has 3 atom stereocenters. The Morgan fingerprint density at radius 3 is 2.09 bits per heavy atom. The van der Waals surface area contributed by atoms with Gasteiger partial charge in [-0.15, -0.1) is 6.58 Å². The average molecular weight is 664 g/mol. The molecule has 10 heteroatoms. The van der Waals surface area contributed by atoms with Gasteiger partial charge in [0.15, 0.2) is 0 Å². The fourth-order valence-corrected chi connectivity index (χ4v) is 2.05. The van der Waals surface area contributed by atoms with E-state index in [0.717, 1.165) is 6.92 Å². The van der Waals surface area contributed by atoms with Crippen molar-refractivity contribution in [2.24, 2.45) is 0 Å². The van der Waals surface area contributed by atoms with E-state index in [2.05, 4.69) is 24.8 Å². The van der Waals surface area contributed by atoms with Gasteiger partial charge in [-0.1, -0.05) is 35.2 Å². The minimum Gasteiger partial charge on any atom is -0.550 e. The predicted octanol–water partition coefficient (Wildman–Crippen LogP) is 3.77. The van der Waals surface area contributed by atoms with E-state index in [-0.39, 0.29) is 36.7 Å². The number of halogens is 6. The zero-order chi connectivity index (χ0) is 17.2. The maximum Gasteiger partial charge on any atom is 2.00 e. The SMILES string of the molecule is C=CC([CH2-])(F)C(OC(=O)C(=C)C)C(F)(I)[C-](O)C(F)(F)F.[U+2]. The molecule has 0 radical (unpaired) electrons. The Labute approximate surface area is 161 Å². The molecule has 0 bridgehead atoms. The van der Waals surface area contributed by atoms with E-state index < -0.39 is 33.7 Å². The van der Waals surface area contributed by atoms with Gasteiger partial charge in [-0.2, -0.15) is 0 Å². The molecular formula is C12H12F5IO3U. The number of ether oxygens (including phenoxy) is 1. The van der Waals surface area contributed by atoms with Crippen molar-refractivity contribution in [1.29, 1.82) is 0 Å². The van der Waals surface area contributed by atoms with E-state index in [4.69, 9.17) is 5.11 Å². The van der Waals surface area contributed by atoms with Gasteiger partial charge in [0.05, 0.1) is 0 Å². The van der Waals surface area contributed by atoms with Gasteiger partial charge >= 0.3 is 37.1 Å². The third-order valence-corrected chi connectivity index (χ3v) is 3.34. The molecule has 3 nitrogen and oxygen atoms in total. The van der Waals surface area contributed by atoms with E-state index in [1.54, 1.807) is 0 Å². The second kappa shape index (κ2) is 8.44. The minimum absolute atomic E-state index is 0. The number of alkyl halides is 6. The average Bonchev–Trinajstić information content (AvgIpc) is 2.32. The molecule has 22 heavy (non-hydrogen) atoms. The first-order chi connectivity index (χ1) is 9.17. The number of aliphatic hydroxyl groups is 1. The first kappa shape index (κ1) is 24.6. The maximum atomic E-state index is 14.3. The third kappa shape index (κ3) is 6.09. The van der Waals surface area contributed by atoms with Gasteiger partial charge in [0.1, 0.15) is 9.78 Å². The van der Waals surface area contributed by atoms with Crippen molar-refractivity contribution in [2.75, 3.05) is 0 Å². The topological polar surface area (TPSA) is 46.5 Å². The van der Waals surface area contributed by atoms with Crippen LogP contribution in [0.15, 0.2) is 24.8 Å². The molecule has 0 heterocycles. The molecule has 0 saturated heterocycles. The van der Waals surface area contributed by atoms with E-state index in [0.29, 0.717) is 28.7 Å². The van der Waals surface area contributed by atoms with Crippen molar-refractivity contribution in [3.8, 4) is 0 Å². The van der Waals surface area contributed by atoms with Crippen molar-refractivity contribution < 1.29 is 67.7 Å². The monoisotopic (exact) mass is 664 g/mol. The summed E-state index contributed by atoms with van der Waals surface area (Å²) in [6.45, 7) is 10.0. The van der Waals surface area contributed by atoms with Crippen molar-refractivity contribution in [1.82, 2.24) is 0 Å². The molecule has 1 N–H and O–H groups in total. The Morgan fingerprint density at radius 2 is 1.82 bits per heavy atom. The van der Waals surface area contributed by atoms with Gasteiger partial charge in [0.25, 0.3) is 6.18 Å². The Bertz CT molecular complexity index is 437. The van der Waals surface area contributed by atoms with Crippen LogP contribution in [0.5, 0.6) is 0 Å². The normalized spacial score (nSPS) is 18.5.